The molecule has 2 aromatic carbocycles. The van der Waals surface area contributed by atoms with Crippen LogP contribution in [-0.2, 0) is 14.0 Å². The zero-order valence-corrected chi connectivity index (χ0v) is 18.1. The molecule has 4 atom stereocenters. The van der Waals surface area contributed by atoms with E-state index in [0.29, 0.717) is 6.42 Å². The summed E-state index contributed by atoms with van der Waals surface area (Å²) in [6.07, 6.45) is 3.17. The fourth-order valence-corrected chi connectivity index (χ4v) is 9.36. The fraction of sp³-hybridized carbons (Fsp3) is 0.375. The van der Waals surface area contributed by atoms with E-state index in [1.807, 2.05) is 24.3 Å². The SMILES string of the molecule is CC(C)(C)[Si](O[C@H]1C=C[C@H]2C(=O)OC(O)[C@H]2C1)(c1ccccc1)c1ccccc1. The van der Waals surface area contributed by atoms with Gasteiger partial charge in [-0.15, -0.1) is 0 Å². The molecule has 1 aliphatic heterocycles. The maximum Gasteiger partial charge on any atom is 0.315 e. The summed E-state index contributed by atoms with van der Waals surface area (Å²) < 4.78 is 12.1. The van der Waals surface area contributed by atoms with Gasteiger partial charge in [0.1, 0.15) is 0 Å². The van der Waals surface area contributed by atoms with Crippen LogP contribution in [0, 0.1) is 11.8 Å². The minimum absolute atomic E-state index is 0.124. The largest absolute Gasteiger partial charge is 0.435 e. The van der Waals surface area contributed by atoms with Gasteiger partial charge in [-0.3, -0.25) is 4.79 Å². The van der Waals surface area contributed by atoms with E-state index < -0.39 is 14.6 Å². The van der Waals surface area contributed by atoms with Gasteiger partial charge in [0, 0.05) is 5.92 Å². The monoisotopic (exact) mass is 408 g/mol. The van der Waals surface area contributed by atoms with Crippen molar-refractivity contribution in [3.63, 3.8) is 0 Å². The van der Waals surface area contributed by atoms with Gasteiger partial charge in [-0.1, -0.05) is 93.6 Å². The molecule has 1 heterocycles. The molecule has 0 bridgehead atoms. The highest BCUT2D eigenvalue weighted by atomic mass is 28.4. The lowest BCUT2D eigenvalue weighted by Crippen LogP contribution is -2.67. The number of aliphatic hydroxyl groups excluding tert-OH is 1. The van der Waals surface area contributed by atoms with Crippen LogP contribution < -0.4 is 10.4 Å². The van der Waals surface area contributed by atoms with E-state index in [-0.39, 0.29) is 28.9 Å². The van der Waals surface area contributed by atoms with Crippen LogP contribution in [0.15, 0.2) is 72.8 Å². The number of hydrogen-bond acceptors (Lipinski definition) is 4. The third kappa shape index (κ3) is 3.48. The standard InChI is InChI=1S/C24H28O4Si/c1-24(2,3)29(18-10-6-4-7-11-18,19-12-8-5-9-13-19)28-17-14-15-20-21(16-17)23(26)27-22(20)25/h4-15,17,20-21,23,26H,16H2,1-3H3/t17-,20+,21-,23?/m0/s1. The normalized spacial score (nSPS) is 26.8. The zero-order valence-electron chi connectivity index (χ0n) is 17.1. The molecule has 0 aromatic heterocycles. The maximum absolute atomic E-state index is 11.9. The van der Waals surface area contributed by atoms with Crippen LogP contribution in [0.3, 0.4) is 0 Å². The van der Waals surface area contributed by atoms with Crippen molar-refractivity contribution in [2.24, 2.45) is 11.8 Å². The van der Waals surface area contributed by atoms with Gasteiger partial charge in [0.25, 0.3) is 8.32 Å². The number of esters is 1. The lowest BCUT2D eigenvalue weighted by atomic mass is 9.84. The van der Waals surface area contributed by atoms with Crippen molar-refractivity contribution < 1.29 is 19.1 Å². The summed E-state index contributed by atoms with van der Waals surface area (Å²) in [5.41, 5.74) is 0. The third-order valence-electron chi connectivity index (χ3n) is 6.12. The van der Waals surface area contributed by atoms with Crippen molar-refractivity contribution in [3.8, 4) is 0 Å². The second kappa shape index (κ2) is 7.56. The molecule has 0 saturated carbocycles. The van der Waals surface area contributed by atoms with Crippen molar-refractivity contribution >= 4 is 24.7 Å². The molecule has 1 aliphatic carbocycles. The average molecular weight is 409 g/mol. The quantitative estimate of drug-likeness (QED) is 0.480. The number of fused-ring (bicyclic) bond motifs is 1. The number of cyclic esters (lactones) is 1. The summed E-state index contributed by atoms with van der Waals surface area (Å²) >= 11 is 0. The summed E-state index contributed by atoms with van der Waals surface area (Å²) in [6.45, 7) is 6.73. The number of rotatable bonds is 4. The van der Waals surface area contributed by atoms with Crippen LogP contribution in [0.1, 0.15) is 27.2 Å². The molecule has 1 saturated heterocycles. The molecule has 29 heavy (non-hydrogen) atoms. The molecule has 1 unspecified atom stereocenters. The maximum atomic E-state index is 11.9. The Bertz CT molecular complexity index is 849. The number of hydrogen-bond donors (Lipinski definition) is 1. The smallest absolute Gasteiger partial charge is 0.315 e. The number of benzene rings is 2. The van der Waals surface area contributed by atoms with Crippen molar-refractivity contribution in [1.29, 1.82) is 0 Å². The number of carbonyl (C=O) groups excluding carboxylic acids is 1. The molecule has 1 fully saturated rings. The molecular weight excluding hydrogens is 380 g/mol. The van der Waals surface area contributed by atoms with E-state index in [9.17, 15) is 9.90 Å². The Labute approximate surface area is 173 Å². The molecule has 0 radical (unpaired) electrons. The minimum Gasteiger partial charge on any atom is -0.435 e. The third-order valence-corrected chi connectivity index (χ3v) is 11.2. The Morgan fingerprint density at radius 3 is 2.03 bits per heavy atom. The molecule has 0 amide bonds. The summed E-state index contributed by atoms with van der Waals surface area (Å²) in [5.74, 6) is -0.970. The highest BCUT2D eigenvalue weighted by molar-refractivity contribution is 6.99. The molecule has 2 aliphatic rings. The first-order valence-electron chi connectivity index (χ1n) is 10.2. The summed E-state index contributed by atoms with van der Waals surface area (Å²) in [6, 6.07) is 21.0. The topological polar surface area (TPSA) is 55.8 Å². The van der Waals surface area contributed by atoms with Crippen LogP contribution in [-0.4, -0.2) is 31.8 Å². The average Bonchev–Trinajstić information content (AvgIpc) is 3.00. The number of ether oxygens (including phenoxy) is 1. The fourth-order valence-electron chi connectivity index (χ4n) is 4.72. The van der Waals surface area contributed by atoms with Crippen LogP contribution in [0.25, 0.3) is 0 Å². The van der Waals surface area contributed by atoms with Crippen LogP contribution >= 0.6 is 0 Å². The van der Waals surface area contributed by atoms with Crippen molar-refractivity contribution in [3.05, 3.63) is 72.8 Å². The van der Waals surface area contributed by atoms with Crippen LogP contribution in [0.4, 0.5) is 0 Å². The second-order valence-electron chi connectivity index (χ2n) is 8.96. The van der Waals surface area contributed by atoms with Crippen molar-refractivity contribution in [2.75, 3.05) is 0 Å². The molecule has 4 rings (SSSR count). The lowest BCUT2D eigenvalue weighted by Gasteiger charge is -2.45. The molecule has 1 N–H and O–H groups in total. The van der Waals surface area contributed by atoms with Gasteiger partial charge in [0.15, 0.2) is 0 Å². The molecule has 152 valence electrons. The minimum atomic E-state index is -2.68. The first-order chi connectivity index (χ1) is 13.8. The highest BCUT2D eigenvalue weighted by Gasteiger charge is 2.53. The Balaban J connectivity index is 1.79. The van der Waals surface area contributed by atoms with Gasteiger partial charge in [0.05, 0.1) is 12.0 Å². The summed E-state index contributed by atoms with van der Waals surface area (Å²) in [7, 11) is -2.68. The Morgan fingerprint density at radius 1 is 0.966 bits per heavy atom. The molecule has 4 nitrogen and oxygen atoms in total. The van der Waals surface area contributed by atoms with Gasteiger partial charge in [-0.05, 0) is 21.8 Å². The van der Waals surface area contributed by atoms with Crippen molar-refractivity contribution in [2.45, 2.75) is 44.6 Å². The highest BCUT2D eigenvalue weighted by Crippen LogP contribution is 2.41. The Morgan fingerprint density at radius 2 is 1.52 bits per heavy atom. The van der Waals surface area contributed by atoms with E-state index in [4.69, 9.17) is 9.16 Å². The van der Waals surface area contributed by atoms with Gasteiger partial charge in [0.2, 0.25) is 6.29 Å². The van der Waals surface area contributed by atoms with E-state index >= 15 is 0 Å². The summed E-state index contributed by atoms with van der Waals surface area (Å²) in [4.78, 5) is 11.9. The second-order valence-corrected chi connectivity index (χ2v) is 13.2. The number of aliphatic hydroxyl groups is 1. The predicted molar refractivity (Wildman–Crippen MR) is 115 cm³/mol. The first kappa shape index (κ1) is 20.1. The van der Waals surface area contributed by atoms with Crippen LogP contribution in [0.2, 0.25) is 5.04 Å². The summed E-state index contributed by atoms with van der Waals surface area (Å²) in [5, 5.41) is 12.5. The van der Waals surface area contributed by atoms with Crippen molar-refractivity contribution in [1.82, 2.24) is 0 Å². The first-order valence-corrected chi connectivity index (χ1v) is 12.1. The zero-order chi connectivity index (χ0) is 20.6. The van der Waals surface area contributed by atoms with Gasteiger partial charge in [-0.2, -0.15) is 0 Å². The van der Waals surface area contributed by atoms with Gasteiger partial charge < -0.3 is 14.3 Å². The van der Waals surface area contributed by atoms with E-state index in [1.165, 1.54) is 10.4 Å². The Kier molecular flexibility index (Phi) is 5.23. The lowest BCUT2D eigenvalue weighted by molar-refractivity contribution is -0.156. The predicted octanol–water partition coefficient (Wildman–Crippen LogP) is 3.00. The van der Waals surface area contributed by atoms with E-state index in [0.717, 1.165) is 0 Å². The van der Waals surface area contributed by atoms with E-state index in [1.54, 1.807) is 0 Å². The molecule has 5 heteroatoms. The molecule has 0 spiro atoms. The molecule has 2 aromatic rings. The van der Waals surface area contributed by atoms with Gasteiger partial charge >= 0.3 is 5.97 Å². The molecular formula is C24H28O4Si. The number of carbonyl (C=O) groups is 1. The Hall–Kier alpha value is -2.21. The van der Waals surface area contributed by atoms with Crippen LogP contribution in [0.5, 0.6) is 0 Å². The van der Waals surface area contributed by atoms with Gasteiger partial charge in [-0.25, -0.2) is 0 Å². The van der Waals surface area contributed by atoms with E-state index in [2.05, 4.69) is 69.3 Å².